The lowest BCUT2D eigenvalue weighted by atomic mass is 10.2. The summed E-state index contributed by atoms with van der Waals surface area (Å²) in [4.78, 5) is 12.5. The molecule has 1 fully saturated rings. The van der Waals surface area contributed by atoms with Gasteiger partial charge in [-0.3, -0.25) is 4.79 Å². The predicted octanol–water partition coefficient (Wildman–Crippen LogP) is 2.94. The molecule has 1 aliphatic heterocycles. The summed E-state index contributed by atoms with van der Waals surface area (Å²) >= 11 is 0. The van der Waals surface area contributed by atoms with Crippen LogP contribution in [0.5, 0.6) is 11.5 Å². The number of benzene rings is 1. The normalized spacial score (nSPS) is 17.2. The van der Waals surface area contributed by atoms with E-state index in [0.717, 1.165) is 0 Å². The molecule has 158 valence electrons. The van der Waals surface area contributed by atoms with Gasteiger partial charge in [0.2, 0.25) is 0 Å². The fraction of sp³-hybridized carbons (Fsp3) is 0.450. The van der Waals surface area contributed by atoms with Crippen LogP contribution < -0.4 is 15.0 Å². The highest BCUT2D eigenvalue weighted by molar-refractivity contribution is 5.30. The van der Waals surface area contributed by atoms with Crippen molar-refractivity contribution in [2.45, 2.75) is 25.7 Å². The summed E-state index contributed by atoms with van der Waals surface area (Å²) in [5, 5.41) is 0. The van der Waals surface area contributed by atoms with E-state index in [1.807, 2.05) is 0 Å². The number of nitrogens with zero attached hydrogens (tertiary/aromatic N) is 1. The van der Waals surface area contributed by atoms with Gasteiger partial charge < -0.3 is 23.5 Å². The Kier molecular flexibility index (Phi) is 6.81. The number of aromatic nitrogens is 1. The molecule has 1 aromatic heterocycles. The predicted molar refractivity (Wildman–Crippen MR) is 98.6 cm³/mol. The van der Waals surface area contributed by atoms with Gasteiger partial charge in [0.25, 0.3) is 5.56 Å². The smallest absolute Gasteiger partial charge is 0.422 e. The fourth-order valence-electron chi connectivity index (χ4n) is 2.89. The van der Waals surface area contributed by atoms with E-state index in [9.17, 15) is 18.0 Å². The van der Waals surface area contributed by atoms with Gasteiger partial charge in [-0.25, -0.2) is 0 Å². The first-order valence-electron chi connectivity index (χ1n) is 9.12. The van der Waals surface area contributed by atoms with Crippen molar-refractivity contribution in [3.63, 3.8) is 0 Å². The highest BCUT2D eigenvalue weighted by Gasteiger charge is 2.28. The maximum Gasteiger partial charge on any atom is 0.422 e. The highest BCUT2D eigenvalue weighted by atomic mass is 19.4. The van der Waals surface area contributed by atoms with Crippen molar-refractivity contribution in [2.75, 3.05) is 33.0 Å². The van der Waals surface area contributed by atoms with Crippen LogP contribution in [0.15, 0.2) is 41.2 Å². The number of halogens is 3. The van der Waals surface area contributed by atoms with Gasteiger partial charge in [-0.15, -0.1) is 0 Å². The second kappa shape index (κ2) is 9.32. The topological polar surface area (TPSA) is 58.9 Å². The number of hydrogen-bond donors (Lipinski definition) is 0. The van der Waals surface area contributed by atoms with Gasteiger partial charge in [-0.1, -0.05) is 12.1 Å². The van der Waals surface area contributed by atoms with Crippen molar-refractivity contribution >= 4 is 0 Å². The second-order valence-electron chi connectivity index (χ2n) is 6.69. The molecule has 3 rings (SSSR count). The number of hydrogen-bond acceptors (Lipinski definition) is 5. The van der Waals surface area contributed by atoms with E-state index in [1.165, 1.54) is 22.8 Å². The lowest BCUT2D eigenvalue weighted by molar-refractivity contribution is -0.153. The Morgan fingerprint density at radius 1 is 1.14 bits per heavy atom. The average molecular weight is 413 g/mol. The molecular formula is C20H22F3NO5. The Labute approximate surface area is 165 Å². The first kappa shape index (κ1) is 21.2. The number of aryl methyl sites for hydroxylation is 1. The Balaban J connectivity index is 1.65. The lowest BCUT2D eigenvalue weighted by Crippen LogP contribution is -2.33. The van der Waals surface area contributed by atoms with E-state index in [0.29, 0.717) is 36.8 Å². The zero-order valence-corrected chi connectivity index (χ0v) is 15.9. The minimum absolute atomic E-state index is 0.0974. The second-order valence-corrected chi connectivity index (χ2v) is 6.69. The van der Waals surface area contributed by atoms with Crippen molar-refractivity contribution in [1.82, 2.24) is 4.57 Å². The van der Waals surface area contributed by atoms with Crippen LogP contribution in [0.4, 0.5) is 13.2 Å². The quantitative estimate of drug-likeness (QED) is 0.699. The Hall–Kier alpha value is -2.52. The standard InChI is InChI=1S/C20H22F3NO5/c1-14-7-17(28-12-18-11-26-5-6-27-18)9-19(25)24(14)10-15-3-2-4-16(8-15)29-13-20(21,22)23/h2-4,7-9,18H,5-6,10-13H2,1H3. The molecule has 2 heterocycles. The average Bonchev–Trinajstić information content (AvgIpc) is 2.68. The summed E-state index contributed by atoms with van der Waals surface area (Å²) in [6.45, 7) is 2.40. The third-order valence-corrected chi connectivity index (χ3v) is 4.27. The molecular weight excluding hydrogens is 391 g/mol. The third kappa shape index (κ3) is 6.50. The largest absolute Gasteiger partial charge is 0.491 e. The first-order valence-corrected chi connectivity index (χ1v) is 9.12. The Bertz CT molecular complexity index is 875. The summed E-state index contributed by atoms with van der Waals surface area (Å²) in [5.74, 6) is 0.528. The van der Waals surface area contributed by atoms with E-state index < -0.39 is 12.8 Å². The van der Waals surface area contributed by atoms with Crippen LogP contribution in [0.1, 0.15) is 11.3 Å². The molecule has 1 aliphatic rings. The Morgan fingerprint density at radius 3 is 2.66 bits per heavy atom. The zero-order valence-electron chi connectivity index (χ0n) is 15.9. The highest BCUT2D eigenvalue weighted by Crippen LogP contribution is 2.20. The van der Waals surface area contributed by atoms with Crippen molar-refractivity contribution in [2.24, 2.45) is 0 Å². The lowest BCUT2D eigenvalue weighted by Gasteiger charge is -2.23. The molecule has 9 heteroatoms. The van der Waals surface area contributed by atoms with E-state index in [4.69, 9.17) is 18.9 Å². The van der Waals surface area contributed by atoms with E-state index >= 15 is 0 Å². The van der Waals surface area contributed by atoms with Gasteiger partial charge in [0.05, 0.1) is 26.4 Å². The van der Waals surface area contributed by atoms with Gasteiger partial charge in [-0.2, -0.15) is 13.2 Å². The molecule has 0 N–H and O–H groups in total. The van der Waals surface area contributed by atoms with Gasteiger partial charge in [-0.05, 0) is 30.7 Å². The molecule has 1 aromatic carbocycles. The molecule has 0 spiro atoms. The summed E-state index contributed by atoms with van der Waals surface area (Å²) < 4.78 is 59.7. The van der Waals surface area contributed by atoms with E-state index in [-0.39, 0.29) is 30.6 Å². The SMILES string of the molecule is Cc1cc(OCC2COCCO2)cc(=O)n1Cc1cccc(OCC(F)(F)F)c1. The first-order chi connectivity index (χ1) is 13.8. The van der Waals surface area contributed by atoms with Gasteiger partial charge in [0, 0.05) is 11.8 Å². The number of pyridine rings is 1. The maximum atomic E-state index is 12.5. The van der Waals surface area contributed by atoms with E-state index in [2.05, 4.69) is 0 Å². The van der Waals surface area contributed by atoms with Crippen molar-refractivity contribution in [3.8, 4) is 11.5 Å². The molecule has 1 saturated heterocycles. The number of alkyl halides is 3. The summed E-state index contributed by atoms with van der Waals surface area (Å²) in [6.07, 6.45) is -4.58. The summed E-state index contributed by atoms with van der Waals surface area (Å²) in [7, 11) is 0. The maximum absolute atomic E-state index is 12.5. The van der Waals surface area contributed by atoms with Gasteiger partial charge >= 0.3 is 6.18 Å². The van der Waals surface area contributed by atoms with Crippen molar-refractivity contribution in [1.29, 1.82) is 0 Å². The molecule has 0 amide bonds. The van der Waals surface area contributed by atoms with E-state index in [1.54, 1.807) is 25.1 Å². The molecule has 6 nitrogen and oxygen atoms in total. The Morgan fingerprint density at radius 2 is 1.97 bits per heavy atom. The molecule has 0 bridgehead atoms. The number of ether oxygens (including phenoxy) is 4. The summed E-state index contributed by atoms with van der Waals surface area (Å²) in [6, 6.07) is 9.35. The molecule has 0 saturated carbocycles. The van der Waals surface area contributed by atoms with Crippen LogP contribution in [0.2, 0.25) is 0 Å². The van der Waals surface area contributed by atoms with Crippen molar-refractivity contribution < 1.29 is 32.1 Å². The zero-order chi connectivity index (χ0) is 20.9. The molecule has 1 atom stereocenters. The van der Waals surface area contributed by atoms with Gasteiger partial charge in [0.15, 0.2) is 6.61 Å². The van der Waals surface area contributed by atoms with Crippen LogP contribution in [0, 0.1) is 6.92 Å². The van der Waals surface area contributed by atoms with Crippen LogP contribution >= 0.6 is 0 Å². The third-order valence-electron chi connectivity index (χ3n) is 4.27. The summed E-state index contributed by atoms with van der Waals surface area (Å²) in [5.41, 5.74) is 1.04. The fourth-order valence-corrected chi connectivity index (χ4v) is 2.89. The molecule has 2 aromatic rings. The minimum atomic E-state index is -4.41. The monoisotopic (exact) mass is 413 g/mol. The van der Waals surface area contributed by atoms with Gasteiger partial charge in [0.1, 0.15) is 24.2 Å². The van der Waals surface area contributed by atoms with Crippen LogP contribution in [0.3, 0.4) is 0 Å². The minimum Gasteiger partial charge on any atom is -0.491 e. The molecule has 0 aliphatic carbocycles. The molecule has 29 heavy (non-hydrogen) atoms. The van der Waals surface area contributed by atoms with Crippen LogP contribution in [0.25, 0.3) is 0 Å². The number of rotatable bonds is 7. The van der Waals surface area contributed by atoms with Crippen LogP contribution in [-0.4, -0.2) is 49.9 Å². The molecule has 1 unspecified atom stereocenters. The van der Waals surface area contributed by atoms with Crippen LogP contribution in [-0.2, 0) is 16.0 Å². The van der Waals surface area contributed by atoms with Crippen molar-refractivity contribution in [3.05, 3.63) is 58.0 Å². The molecule has 0 radical (unpaired) electrons.